The Morgan fingerprint density at radius 3 is 2.67 bits per heavy atom. The van der Waals surface area contributed by atoms with Gasteiger partial charge in [-0.1, -0.05) is 0 Å². The fourth-order valence-corrected chi connectivity index (χ4v) is 2.21. The van der Waals surface area contributed by atoms with Crippen molar-refractivity contribution in [2.75, 3.05) is 6.54 Å². The van der Waals surface area contributed by atoms with E-state index >= 15 is 0 Å². The van der Waals surface area contributed by atoms with Crippen LogP contribution in [0.5, 0.6) is 0 Å². The van der Waals surface area contributed by atoms with Crippen LogP contribution in [0.25, 0.3) is 0 Å². The first kappa shape index (κ1) is 10.8. The Morgan fingerprint density at radius 1 is 1.47 bits per heavy atom. The molecular formula is C11H16ClN3. The molecule has 0 radical (unpaired) electrons. The van der Waals surface area contributed by atoms with Crippen LogP contribution in [-0.4, -0.2) is 32.3 Å². The van der Waals surface area contributed by atoms with Crippen molar-refractivity contribution >= 4 is 11.6 Å². The fraction of sp³-hybridized carbons (Fsp3) is 0.636. The third kappa shape index (κ3) is 2.13. The number of hydrogen-bond acceptors (Lipinski definition) is 3. The van der Waals surface area contributed by atoms with Crippen molar-refractivity contribution in [1.82, 2.24) is 14.9 Å². The number of halogens is 1. The lowest BCUT2D eigenvalue weighted by atomic mass is 10.0. The Morgan fingerprint density at radius 2 is 2.13 bits per heavy atom. The summed E-state index contributed by atoms with van der Waals surface area (Å²) in [6, 6.07) is 1.84. The molecule has 1 saturated heterocycles. The second-order valence-electron chi connectivity index (χ2n) is 4.50. The number of hydrogen-bond donors (Lipinski definition) is 0. The van der Waals surface area contributed by atoms with E-state index in [0.717, 1.165) is 25.3 Å². The summed E-state index contributed by atoms with van der Waals surface area (Å²) in [5.74, 6) is 0.872. The van der Waals surface area contributed by atoms with Crippen LogP contribution in [0.1, 0.15) is 26.1 Å². The number of nitrogens with zero attached hydrogens (tertiary/aromatic N) is 3. The number of aromatic nitrogens is 2. The molecule has 3 nitrogen and oxygen atoms in total. The second-order valence-corrected chi connectivity index (χ2v) is 5.02. The molecule has 1 aliphatic rings. The van der Waals surface area contributed by atoms with E-state index in [1.165, 1.54) is 0 Å². The summed E-state index contributed by atoms with van der Waals surface area (Å²) in [4.78, 5) is 10.8. The molecule has 1 fully saturated rings. The van der Waals surface area contributed by atoms with Crippen molar-refractivity contribution in [3.63, 3.8) is 0 Å². The maximum absolute atomic E-state index is 6.28. The molecular weight excluding hydrogens is 210 g/mol. The van der Waals surface area contributed by atoms with Gasteiger partial charge in [0.15, 0.2) is 0 Å². The molecule has 0 bridgehead atoms. The molecule has 82 valence electrons. The average molecular weight is 226 g/mol. The Labute approximate surface area is 95.5 Å². The molecule has 0 saturated carbocycles. The SMILES string of the molecule is CC1(C)C(Cl)CCN1Cc1ncccn1. The van der Waals surface area contributed by atoms with Crippen LogP contribution in [0.3, 0.4) is 0 Å². The summed E-state index contributed by atoms with van der Waals surface area (Å²) in [5, 5.41) is 0.223. The summed E-state index contributed by atoms with van der Waals surface area (Å²) < 4.78 is 0. The minimum absolute atomic E-state index is 0.0424. The topological polar surface area (TPSA) is 29.0 Å². The van der Waals surface area contributed by atoms with E-state index in [1.807, 2.05) is 6.07 Å². The van der Waals surface area contributed by atoms with E-state index in [1.54, 1.807) is 12.4 Å². The minimum Gasteiger partial charge on any atom is -0.289 e. The lowest BCUT2D eigenvalue weighted by Crippen LogP contribution is -2.42. The van der Waals surface area contributed by atoms with Gasteiger partial charge in [-0.05, 0) is 26.3 Å². The molecule has 15 heavy (non-hydrogen) atoms. The summed E-state index contributed by atoms with van der Waals surface area (Å²) in [7, 11) is 0. The number of likely N-dealkylation sites (tertiary alicyclic amines) is 1. The van der Waals surface area contributed by atoms with Crippen LogP contribution < -0.4 is 0 Å². The van der Waals surface area contributed by atoms with E-state index in [0.29, 0.717) is 0 Å². The zero-order valence-corrected chi connectivity index (χ0v) is 9.91. The normalized spacial score (nSPS) is 25.7. The third-order valence-electron chi connectivity index (χ3n) is 3.19. The molecule has 0 spiro atoms. The number of alkyl halides is 1. The molecule has 1 atom stereocenters. The monoisotopic (exact) mass is 225 g/mol. The smallest absolute Gasteiger partial charge is 0.142 e. The largest absolute Gasteiger partial charge is 0.289 e. The summed E-state index contributed by atoms with van der Waals surface area (Å²) in [6.45, 7) is 6.18. The van der Waals surface area contributed by atoms with Gasteiger partial charge in [0, 0.05) is 24.5 Å². The summed E-state index contributed by atoms with van der Waals surface area (Å²) >= 11 is 6.28. The van der Waals surface area contributed by atoms with Gasteiger partial charge in [-0.25, -0.2) is 9.97 Å². The molecule has 1 aromatic heterocycles. The molecule has 4 heteroatoms. The van der Waals surface area contributed by atoms with Gasteiger partial charge in [-0.3, -0.25) is 4.90 Å². The third-order valence-corrected chi connectivity index (χ3v) is 3.94. The first-order valence-electron chi connectivity index (χ1n) is 5.26. The molecule has 2 rings (SSSR count). The highest BCUT2D eigenvalue weighted by molar-refractivity contribution is 6.21. The zero-order chi connectivity index (χ0) is 10.9. The predicted octanol–water partition coefficient (Wildman–Crippen LogP) is 2.07. The van der Waals surface area contributed by atoms with Crippen LogP contribution in [0, 0.1) is 0 Å². The summed E-state index contributed by atoms with van der Waals surface area (Å²) in [6.07, 6.45) is 4.61. The number of rotatable bonds is 2. The van der Waals surface area contributed by atoms with Crippen LogP contribution in [0.4, 0.5) is 0 Å². The Bertz CT molecular complexity index is 326. The van der Waals surface area contributed by atoms with Gasteiger partial charge in [-0.15, -0.1) is 11.6 Å². The first-order chi connectivity index (χ1) is 7.10. The molecule has 0 amide bonds. The fourth-order valence-electron chi connectivity index (χ4n) is 1.97. The van der Waals surface area contributed by atoms with Gasteiger partial charge < -0.3 is 0 Å². The highest BCUT2D eigenvalue weighted by Gasteiger charge is 2.40. The van der Waals surface area contributed by atoms with Crippen LogP contribution in [0.15, 0.2) is 18.5 Å². The van der Waals surface area contributed by atoms with E-state index in [4.69, 9.17) is 11.6 Å². The van der Waals surface area contributed by atoms with Crippen molar-refractivity contribution in [3.05, 3.63) is 24.3 Å². The van der Waals surface area contributed by atoms with Crippen molar-refractivity contribution in [1.29, 1.82) is 0 Å². The Kier molecular flexibility index (Phi) is 2.94. The van der Waals surface area contributed by atoms with Gasteiger partial charge in [-0.2, -0.15) is 0 Å². The van der Waals surface area contributed by atoms with Crippen LogP contribution in [-0.2, 0) is 6.54 Å². The lowest BCUT2D eigenvalue weighted by molar-refractivity contribution is 0.164. The first-order valence-corrected chi connectivity index (χ1v) is 5.69. The van der Waals surface area contributed by atoms with Gasteiger partial charge in [0.1, 0.15) is 5.82 Å². The lowest BCUT2D eigenvalue weighted by Gasteiger charge is -2.33. The summed E-state index contributed by atoms with van der Waals surface area (Å²) in [5.41, 5.74) is 0.0424. The van der Waals surface area contributed by atoms with Gasteiger partial charge in [0.2, 0.25) is 0 Å². The van der Waals surface area contributed by atoms with Crippen molar-refractivity contribution in [3.8, 4) is 0 Å². The second kappa shape index (κ2) is 4.06. The zero-order valence-electron chi connectivity index (χ0n) is 9.15. The highest BCUT2D eigenvalue weighted by atomic mass is 35.5. The molecule has 0 aromatic carbocycles. The van der Waals surface area contributed by atoms with E-state index in [2.05, 4.69) is 28.7 Å². The molecule has 1 unspecified atom stereocenters. The van der Waals surface area contributed by atoms with Gasteiger partial charge >= 0.3 is 0 Å². The quantitative estimate of drug-likeness (QED) is 0.722. The molecule has 1 aromatic rings. The van der Waals surface area contributed by atoms with Crippen LogP contribution in [0.2, 0.25) is 0 Å². The van der Waals surface area contributed by atoms with E-state index in [-0.39, 0.29) is 10.9 Å². The standard InChI is InChI=1S/C11H16ClN3/c1-11(2)9(12)4-7-15(11)8-10-13-5-3-6-14-10/h3,5-6,9H,4,7-8H2,1-2H3. The molecule has 0 aliphatic carbocycles. The maximum atomic E-state index is 6.28. The van der Waals surface area contributed by atoms with Crippen molar-refractivity contribution < 1.29 is 0 Å². The Balaban J connectivity index is 2.08. The average Bonchev–Trinajstić information content (AvgIpc) is 2.47. The van der Waals surface area contributed by atoms with Crippen molar-refractivity contribution in [2.24, 2.45) is 0 Å². The van der Waals surface area contributed by atoms with Crippen LogP contribution >= 0.6 is 11.6 Å². The highest BCUT2D eigenvalue weighted by Crippen LogP contribution is 2.33. The van der Waals surface area contributed by atoms with E-state index < -0.39 is 0 Å². The molecule has 0 N–H and O–H groups in total. The maximum Gasteiger partial charge on any atom is 0.142 e. The predicted molar refractivity (Wildman–Crippen MR) is 60.8 cm³/mol. The van der Waals surface area contributed by atoms with Crippen molar-refractivity contribution in [2.45, 2.75) is 37.7 Å². The van der Waals surface area contributed by atoms with Gasteiger partial charge in [0.05, 0.1) is 11.9 Å². The molecule has 2 heterocycles. The Hall–Kier alpha value is -0.670. The van der Waals surface area contributed by atoms with E-state index in [9.17, 15) is 0 Å². The van der Waals surface area contributed by atoms with Gasteiger partial charge in [0.25, 0.3) is 0 Å². The molecule has 1 aliphatic heterocycles. The minimum atomic E-state index is 0.0424.